The Morgan fingerprint density at radius 3 is 2.57 bits per heavy atom. The summed E-state index contributed by atoms with van der Waals surface area (Å²) in [5.74, 6) is -0.347. The fourth-order valence-corrected chi connectivity index (χ4v) is 4.25. The van der Waals surface area contributed by atoms with Crippen molar-refractivity contribution in [1.82, 2.24) is 20.4 Å². The zero-order valence-electron chi connectivity index (χ0n) is 16.5. The van der Waals surface area contributed by atoms with Crippen LogP contribution in [0.1, 0.15) is 24.8 Å². The first-order valence-electron chi connectivity index (χ1n) is 10.3. The number of likely N-dealkylation sites (tertiary alicyclic amines) is 1. The highest BCUT2D eigenvalue weighted by Crippen LogP contribution is 2.29. The molecule has 1 aromatic carbocycles. The molecule has 7 nitrogen and oxygen atoms in total. The number of piperazine rings is 1. The molecule has 3 N–H and O–H groups in total. The Morgan fingerprint density at radius 1 is 1.11 bits per heavy atom. The van der Waals surface area contributed by atoms with E-state index in [-0.39, 0.29) is 24.3 Å². The van der Waals surface area contributed by atoms with Crippen molar-refractivity contribution in [3.8, 4) is 0 Å². The van der Waals surface area contributed by atoms with Crippen LogP contribution >= 0.6 is 0 Å². The Morgan fingerprint density at radius 2 is 1.86 bits per heavy atom. The third kappa shape index (κ3) is 6.21. The summed E-state index contributed by atoms with van der Waals surface area (Å²) in [5.41, 5.74) is 1.08. The minimum Gasteiger partial charge on any atom is -0.481 e. The molecule has 2 aliphatic rings. The molecule has 2 fully saturated rings. The van der Waals surface area contributed by atoms with Gasteiger partial charge in [-0.2, -0.15) is 0 Å². The van der Waals surface area contributed by atoms with Crippen LogP contribution in [0.4, 0.5) is 4.79 Å². The molecule has 0 spiro atoms. The average molecular weight is 389 g/mol. The molecule has 154 valence electrons. The van der Waals surface area contributed by atoms with Gasteiger partial charge in [0.25, 0.3) is 0 Å². The maximum absolute atomic E-state index is 12.6. The second-order valence-electron chi connectivity index (χ2n) is 7.88. The summed E-state index contributed by atoms with van der Waals surface area (Å²) in [6.45, 7) is 6.86. The van der Waals surface area contributed by atoms with Gasteiger partial charge in [0, 0.05) is 52.2 Å². The van der Waals surface area contributed by atoms with Crippen molar-refractivity contribution < 1.29 is 14.7 Å². The van der Waals surface area contributed by atoms with Crippen LogP contribution in [0.3, 0.4) is 0 Å². The highest BCUT2D eigenvalue weighted by Gasteiger charge is 2.32. The highest BCUT2D eigenvalue weighted by molar-refractivity contribution is 5.74. The van der Waals surface area contributed by atoms with E-state index in [2.05, 4.69) is 15.5 Å². The molecular formula is C21H32N4O3. The molecule has 0 aromatic heterocycles. The van der Waals surface area contributed by atoms with Gasteiger partial charge in [0.15, 0.2) is 0 Å². The first kappa shape index (κ1) is 20.6. The topological polar surface area (TPSA) is 84.9 Å². The summed E-state index contributed by atoms with van der Waals surface area (Å²) >= 11 is 0. The van der Waals surface area contributed by atoms with Crippen molar-refractivity contribution in [3.05, 3.63) is 35.9 Å². The van der Waals surface area contributed by atoms with Crippen LogP contribution in [0.2, 0.25) is 0 Å². The van der Waals surface area contributed by atoms with E-state index in [9.17, 15) is 14.7 Å². The van der Waals surface area contributed by atoms with Crippen LogP contribution in [0.15, 0.2) is 30.3 Å². The van der Waals surface area contributed by atoms with Gasteiger partial charge in [0.05, 0.1) is 0 Å². The number of nitrogens with zero attached hydrogens (tertiary/aromatic N) is 2. The van der Waals surface area contributed by atoms with E-state index in [0.717, 1.165) is 51.1 Å². The van der Waals surface area contributed by atoms with Gasteiger partial charge in [-0.3, -0.25) is 4.79 Å². The lowest BCUT2D eigenvalue weighted by molar-refractivity contribution is -0.139. The Kier molecular flexibility index (Phi) is 7.68. The summed E-state index contributed by atoms with van der Waals surface area (Å²) in [7, 11) is 0. The van der Waals surface area contributed by atoms with Gasteiger partial charge in [-0.05, 0) is 36.8 Å². The summed E-state index contributed by atoms with van der Waals surface area (Å²) < 4.78 is 0. The van der Waals surface area contributed by atoms with E-state index in [1.165, 1.54) is 0 Å². The minimum atomic E-state index is -0.737. The predicted octanol–water partition coefficient (Wildman–Crippen LogP) is 1.60. The molecular weight excluding hydrogens is 356 g/mol. The van der Waals surface area contributed by atoms with Gasteiger partial charge in [-0.25, -0.2) is 4.79 Å². The maximum Gasteiger partial charge on any atom is 0.317 e. The van der Waals surface area contributed by atoms with E-state index >= 15 is 0 Å². The lowest BCUT2D eigenvalue weighted by Crippen LogP contribution is -2.49. The molecule has 1 aromatic rings. The minimum absolute atomic E-state index is 0.0511. The molecule has 28 heavy (non-hydrogen) atoms. The van der Waals surface area contributed by atoms with Gasteiger partial charge >= 0.3 is 12.0 Å². The Bertz CT molecular complexity index is 634. The van der Waals surface area contributed by atoms with Crippen LogP contribution in [0.5, 0.6) is 0 Å². The Labute approximate surface area is 167 Å². The molecule has 0 unspecified atom stereocenters. The number of carboxylic acid groups (broad SMARTS) is 1. The second kappa shape index (κ2) is 10.4. The standard InChI is InChI=1S/C21H32N4O3/c26-20(27)14-18-7-11-25(21(28)23-15-17-4-2-1-3-5-17)16-19(18)6-10-24-12-8-22-9-13-24/h1-5,18-19,22H,6-16H2,(H,23,28)(H,26,27)/t18-,19-/m0/s1. The quantitative estimate of drug-likeness (QED) is 0.661. The van der Waals surface area contributed by atoms with Crippen molar-refractivity contribution >= 4 is 12.0 Å². The van der Waals surface area contributed by atoms with Crippen molar-refractivity contribution in [3.63, 3.8) is 0 Å². The number of urea groups is 1. The third-order valence-corrected chi connectivity index (χ3v) is 5.93. The van der Waals surface area contributed by atoms with Crippen LogP contribution in [-0.4, -0.2) is 72.7 Å². The first-order chi connectivity index (χ1) is 13.6. The fraction of sp³-hybridized carbons (Fsp3) is 0.619. The van der Waals surface area contributed by atoms with Crippen LogP contribution in [0.25, 0.3) is 0 Å². The number of rotatable bonds is 7. The summed E-state index contributed by atoms with van der Waals surface area (Å²) in [6.07, 6.45) is 1.91. The molecule has 2 saturated heterocycles. The van der Waals surface area contributed by atoms with E-state index in [1.807, 2.05) is 35.2 Å². The lowest BCUT2D eigenvalue weighted by atomic mass is 9.81. The van der Waals surface area contributed by atoms with Gasteiger partial charge in [0.1, 0.15) is 0 Å². The molecule has 0 radical (unpaired) electrons. The number of carbonyl (C=O) groups excluding carboxylic acids is 1. The summed E-state index contributed by atoms with van der Waals surface area (Å²) in [6, 6.07) is 9.83. The van der Waals surface area contributed by atoms with Crippen LogP contribution < -0.4 is 10.6 Å². The monoisotopic (exact) mass is 388 g/mol. The lowest BCUT2D eigenvalue weighted by Gasteiger charge is -2.39. The fourth-order valence-electron chi connectivity index (χ4n) is 4.25. The van der Waals surface area contributed by atoms with Crippen LogP contribution in [0, 0.1) is 11.8 Å². The number of hydrogen-bond acceptors (Lipinski definition) is 4. The molecule has 0 aliphatic carbocycles. The van der Waals surface area contributed by atoms with Crippen molar-refractivity contribution in [2.24, 2.45) is 11.8 Å². The molecule has 2 amide bonds. The average Bonchev–Trinajstić information content (AvgIpc) is 2.72. The number of piperidine rings is 1. The van der Waals surface area contributed by atoms with Crippen molar-refractivity contribution in [1.29, 1.82) is 0 Å². The number of amides is 2. The number of hydrogen-bond donors (Lipinski definition) is 3. The number of carbonyl (C=O) groups is 2. The molecule has 2 aliphatic heterocycles. The zero-order valence-corrected chi connectivity index (χ0v) is 16.5. The normalized spacial score (nSPS) is 23.4. The molecule has 0 saturated carbocycles. The van der Waals surface area contributed by atoms with Crippen molar-refractivity contribution in [2.75, 3.05) is 45.8 Å². The molecule has 0 bridgehead atoms. The first-order valence-corrected chi connectivity index (χ1v) is 10.3. The van der Waals surface area contributed by atoms with Crippen LogP contribution in [-0.2, 0) is 11.3 Å². The highest BCUT2D eigenvalue weighted by atomic mass is 16.4. The van der Waals surface area contributed by atoms with Gasteiger partial charge in [-0.15, -0.1) is 0 Å². The predicted molar refractivity (Wildman–Crippen MR) is 108 cm³/mol. The van der Waals surface area contributed by atoms with Gasteiger partial charge < -0.3 is 25.5 Å². The number of carboxylic acids is 1. The second-order valence-corrected chi connectivity index (χ2v) is 7.88. The zero-order chi connectivity index (χ0) is 19.8. The van der Waals surface area contributed by atoms with E-state index in [4.69, 9.17) is 0 Å². The molecule has 7 heteroatoms. The van der Waals surface area contributed by atoms with E-state index < -0.39 is 5.97 Å². The Balaban J connectivity index is 1.53. The van der Waals surface area contributed by atoms with Gasteiger partial charge in [0.2, 0.25) is 0 Å². The largest absolute Gasteiger partial charge is 0.481 e. The van der Waals surface area contributed by atoms with E-state index in [0.29, 0.717) is 19.6 Å². The maximum atomic E-state index is 12.6. The smallest absolute Gasteiger partial charge is 0.317 e. The summed E-state index contributed by atoms with van der Waals surface area (Å²) in [5, 5.41) is 15.6. The Hall–Kier alpha value is -2.12. The molecule has 3 rings (SSSR count). The number of nitrogens with one attached hydrogen (secondary N) is 2. The number of aliphatic carboxylic acids is 1. The molecule has 2 atom stereocenters. The molecule has 2 heterocycles. The van der Waals surface area contributed by atoms with Gasteiger partial charge in [-0.1, -0.05) is 30.3 Å². The summed E-state index contributed by atoms with van der Waals surface area (Å²) in [4.78, 5) is 28.2. The SMILES string of the molecule is O=C(O)C[C@@H]1CCN(C(=O)NCc2ccccc2)C[C@@H]1CCN1CCNCC1. The number of benzene rings is 1. The van der Waals surface area contributed by atoms with E-state index in [1.54, 1.807) is 0 Å². The third-order valence-electron chi connectivity index (χ3n) is 5.93. The van der Waals surface area contributed by atoms with Crippen molar-refractivity contribution in [2.45, 2.75) is 25.8 Å².